The van der Waals surface area contributed by atoms with Crippen LogP contribution in [0.5, 0.6) is 0 Å². The molecular formula is C18H18N4O2. The predicted octanol–water partition coefficient (Wildman–Crippen LogP) is 3.44. The lowest BCUT2D eigenvalue weighted by Crippen LogP contribution is -2.13. The molecule has 0 bridgehead atoms. The zero-order valence-electron chi connectivity index (χ0n) is 13.3. The second kappa shape index (κ2) is 6.00. The molecule has 1 aliphatic carbocycles. The Bertz CT molecular complexity index is 967. The molecule has 1 N–H and O–H groups in total. The minimum absolute atomic E-state index is 0.408. The maximum atomic E-state index is 11.2. The monoisotopic (exact) mass is 322 g/mol. The molecule has 0 atom stereocenters. The zero-order chi connectivity index (χ0) is 16.5. The van der Waals surface area contributed by atoms with Crippen LogP contribution in [0.25, 0.3) is 22.3 Å². The van der Waals surface area contributed by atoms with E-state index in [0.717, 1.165) is 23.0 Å². The summed E-state index contributed by atoms with van der Waals surface area (Å²) in [5.74, 6) is 0.502. The smallest absolute Gasteiger partial charge is 0.346 e. The molecule has 6 nitrogen and oxygen atoms in total. The van der Waals surface area contributed by atoms with Crippen LogP contribution >= 0.6 is 0 Å². The van der Waals surface area contributed by atoms with Gasteiger partial charge in [-0.25, -0.2) is 4.79 Å². The Morgan fingerprint density at radius 2 is 2.17 bits per heavy atom. The van der Waals surface area contributed by atoms with Gasteiger partial charge in [0, 0.05) is 23.7 Å². The first-order chi connectivity index (χ1) is 11.7. The fraction of sp³-hybridized carbons (Fsp3) is 0.389. The second-order valence-corrected chi connectivity index (χ2v) is 6.49. The maximum Gasteiger partial charge on any atom is 0.439 e. The highest BCUT2D eigenvalue weighted by Crippen LogP contribution is 2.30. The second-order valence-electron chi connectivity index (χ2n) is 6.49. The van der Waals surface area contributed by atoms with Crippen molar-refractivity contribution in [3.63, 3.8) is 0 Å². The van der Waals surface area contributed by atoms with Gasteiger partial charge in [0.2, 0.25) is 0 Å². The molecule has 0 saturated heterocycles. The van der Waals surface area contributed by atoms with E-state index in [1.54, 1.807) is 0 Å². The van der Waals surface area contributed by atoms with Gasteiger partial charge >= 0.3 is 5.76 Å². The van der Waals surface area contributed by atoms with Crippen LogP contribution in [0.2, 0.25) is 0 Å². The van der Waals surface area contributed by atoms with E-state index in [9.17, 15) is 10.1 Å². The first-order valence-corrected chi connectivity index (χ1v) is 8.34. The SMILES string of the molecule is N#Cc1cn(CC2CCCCC2)c2cc(-c3noc(=O)[nH]3)ccc12. The van der Waals surface area contributed by atoms with E-state index in [0.29, 0.717) is 17.3 Å². The van der Waals surface area contributed by atoms with Crippen molar-refractivity contribution in [2.45, 2.75) is 38.6 Å². The Labute approximate surface area is 138 Å². The molecule has 3 aromatic rings. The summed E-state index contributed by atoms with van der Waals surface area (Å²) in [6.45, 7) is 0.928. The molecule has 0 aliphatic heterocycles. The largest absolute Gasteiger partial charge is 0.439 e. The van der Waals surface area contributed by atoms with Gasteiger partial charge in [-0.3, -0.25) is 9.51 Å². The molecule has 1 aromatic carbocycles. The average molecular weight is 322 g/mol. The topological polar surface area (TPSA) is 87.6 Å². The molecule has 0 radical (unpaired) electrons. The number of nitriles is 1. The van der Waals surface area contributed by atoms with E-state index in [1.807, 2.05) is 24.4 Å². The number of H-pyrrole nitrogens is 1. The maximum absolute atomic E-state index is 11.2. The summed E-state index contributed by atoms with van der Waals surface area (Å²) < 4.78 is 6.76. The molecule has 6 heteroatoms. The lowest BCUT2D eigenvalue weighted by Gasteiger charge is -2.22. The third-order valence-electron chi connectivity index (χ3n) is 4.90. The summed E-state index contributed by atoms with van der Waals surface area (Å²) in [7, 11) is 0. The Morgan fingerprint density at radius 1 is 1.33 bits per heavy atom. The molecule has 0 spiro atoms. The van der Waals surface area contributed by atoms with E-state index in [-0.39, 0.29) is 0 Å². The number of aromatic nitrogens is 3. The van der Waals surface area contributed by atoms with Gasteiger partial charge in [-0.15, -0.1) is 0 Å². The third-order valence-corrected chi connectivity index (χ3v) is 4.90. The Kier molecular flexibility index (Phi) is 3.69. The summed E-state index contributed by atoms with van der Waals surface area (Å²) in [4.78, 5) is 13.7. The number of nitrogens with zero attached hydrogens (tertiary/aromatic N) is 3. The van der Waals surface area contributed by atoms with Gasteiger partial charge < -0.3 is 4.57 Å². The number of benzene rings is 1. The van der Waals surface area contributed by atoms with Gasteiger partial charge in [-0.2, -0.15) is 5.26 Å². The molecule has 1 saturated carbocycles. The van der Waals surface area contributed by atoms with Crippen molar-refractivity contribution in [3.8, 4) is 17.5 Å². The third kappa shape index (κ3) is 2.62. The van der Waals surface area contributed by atoms with Crippen LogP contribution in [0, 0.1) is 17.2 Å². The zero-order valence-corrected chi connectivity index (χ0v) is 13.3. The van der Waals surface area contributed by atoms with Gasteiger partial charge in [0.05, 0.1) is 11.1 Å². The normalized spacial score (nSPS) is 15.6. The number of hydrogen-bond donors (Lipinski definition) is 1. The summed E-state index contributed by atoms with van der Waals surface area (Å²) in [5.41, 5.74) is 2.46. The highest BCUT2D eigenvalue weighted by Gasteiger charge is 2.17. The minimum Gasteiger partial charge on any atom is -0.346 e. The van der Waals surface area contributed by atoms with E-state index in [4.69, 9.17) is 0 Å². The van der Waals surface area contributed by atoms with Gasteiger partial charge in [-0.05, 0) is 24.8 Å². The van der Waals surface area contributed by atoms with Crippen LogP contribution in [0.15, 0.2) is 33.7 Å². The highest BCUT2D eigenvalue weighted by molar-refractivity contribution is 5.89. The number of fused-ring (bicyclic) bond motifs is 1. The quantitative estimate of drug-likeness (QED) is 0.800. The molecule has 24 heavy (non-hydrogen) atoms. The van der Waals surface area contributed by atoms with Gasteiger partial charge in [-0.1, -0.05) is 36.6 Å². The van der Waals surface area contributed by atoms with Crippen LogP contribution in [0.1, 0.15) is 37.7 Å². The van der Waals surface area contributed by atoms with Crippen molar-refractivity contribution in [1.82, 2.24) is 14.7 Å². The molecule has 0 amide bonds. The van der Waals surface area contributed by atoms with E-state index in [1.165, 1.54) is 32.1 Å². The van der Waals surface area contributed by atoms with Gasteiger partial charge in [0.1, 0.15) is 6.07 Å². The predicted molar refractivity (Wildman–Crippen MR) is 89.3 cm³/mol. The van der Waals surface area contributed by atoms with Crippen LogP contribution in [-0.4, -0.2) is 14.7 Å². The van der Waals surface area contributed by atoms with Crippen molar-refractivity contribution >= 4 is 10.9 Å². The highest BCUT2D eigenvalue weighted by atomic mass is 16.5. The first kappa shape index (κ1) is 14.8. The fourth-order valence-electron chi connectivity index (χ4n) is 3.68. The molecule has 4 rings (SSSR count). The minimum atomic E-state index is -0.569. The van der Waals surface area contributed by atoms with E-state index in [2.05, 4.69) is 25.3 Å². The molecule has 0 unspecified atom stereocenters. The fourth-order valence-corrected chi connectivity index (χ4v) is 3.68. The van der Waals surface area contributed by atoms with E-state index < -0.39 is 5.76 Å². The molecule has 2 aromatic heterocycles. The number of hydrogen-bond acceptors (Lipinski definition) is 4. The van der Waals surface area contributed by atoms with Crippen molar-refractivity contribution in [2.24, 2.45) is 5.92 Å². The van der Waals surface area contributed by atoms with Crippen LogP contribution < -0.4 is 5.76 Å². The Balaban J connectivity index is 1.77. The summed E-state index contributed by atoms with van der Waals surface area (Å²) in [5, 5.41) is 14.1. The first-order valence-electron chi connectivity index (χ1n) is 8.34. The number of rotatable bonds is 3. The Hall–Kier alpha value is -2.81. The van der Waals surface area contributed by atoms with Gasteiger partial charge in [0.15, 0.2) is 5.82 Å². The van der Waals surface area contributed by atoms with E-state index >= 15 is 0 Å². The lowest BCUT2D eigenvalue weighted by molar-refractivity contribution is 0.322. The standard InChI is InChI=1S/C18H18N4O2/c19-9-14-11-22(10-12-4-2-1-3-5-12)16-8-13(6-7-15(14)16)17-20-18(23)24-21-17/h6-8,11-12H,1-5,10H2,(H,20,21,23). The molecule has 2 heterocycles. The lowest BCUT2D eigenvalue weighted by atomic mass is 9.89. The summed E-state index contributed by atoms with van der Waals surface area (Å²) in [6.07, 6.45) is 8.35. The molecule has 1 aliphatic rings. The number of nitrogens with one attached hydrogen (secondary N) is 1. The summed E-state index contributed by atoms with van der Waals surface area (Å²) in [6, 6.07) is 8.00. The van der Waals surface area contributed by atoms with Crippen LogP contribution in [0.4, 0.5) is 0 Å². The van der Waals surface area contributed by atoms with Crippen molar-refractivity contribution < 1.29 is 4.52 Å². The van der Waals surface area contributed by atoms with Crippen LogP contribution in [0.3, 0.4) is 0 Å². The van der Waals surface area contributed by atoms with Crippen LogP contribution in [-0.2, 0) is 6.54 Å². The average Bonchev–Trinajstić information content (AvgIpc) is 3.19. The number of aromatic amines is 1. The molecule has 122 valence electrons. The molecular weight excluding hydrogens is 304 g/mol. The van der Waals surface area contributed by atoms with Crippen molar-refractivity contribution in [1.29, 1.82) is 5.26 Å². The Morgan fingerprint density at radius 3 is 2.88 bits per heavy atom. The molecule has 1 fully saturated rings. The van der Waals surface area contributed by atoms with Crippen molar-refractivity contribution in [3.05, 3.63) is 40.5 Å². The van der Waals surface area contributed by atoms with Crippen molar-refractivity contribution in [2.75, 3.05) is 0 Å². The van der Waals surface area contributed by atoms with Gasteiger partial charge in [0.25, 0.3) is 0 Å². The summed E-state index contributed by atoms with van der Waals surface area (Å²) >= 11 is 0.